The molecule has 0 radical (unpaired) electrons. The van der Waals surface area contributed by atoms with Crippen molar-refractivity contribution in [3.63, 3.8) is 0 Å². The van der Waals surface area contributed by atoms with Gasteiger partial charge < -0.3 is 9.88 Å². The zero-order valence-electron chi connectivity index (χ0n) is 17.3. The van der Waals surface area contributed by atoms with Crippen LogP contribution >= 0.6 is 11.3 Å². The van der Waals surface area contributed by atoms with Crippen molar-refractivity contribution < 1.29 is 4.79 Å². The first-order chi connectivity index (χ1) is 14.5. The molecule has 4 heterocycles. The van der Waals surface area contributed by atoms with Crippen molar-refractivity contribution >= 4 is 33.1 Å². The van der Waals surface area contributed by atoms with Crippen molar-refractivity contribution in [2.24, 2.45) is 0 Å². The fraction of sp³-hybridized carbons (Fsp3) is 0.304. The summed E-state index contributed by atoms with van der Waals surface area (Å²) in [7, 11) is 0. The number of benzene rings is 1. The van der Waals surface area contributed by atoms with E-state index in [1.807, 2.05) is 45.0 Å². The summed E-state index contributed by atoms with van der Waals surface area (Å²) >= 11 is 1.42. The van der Waals surface area contributed by atoms with E-state index >= 15 is 0 Å². The van der Waals surface area contributed by atoms with E-state index < -0.39 is 0 Å². The Labute approximate surface area is 179 Å². The Morgan fingerprint density at radius 2 is 1.87 bits per heavy atom. The van der Waals surface area contributed by atoms with E-state index in [1.165, 1.54) is 30.0 Å². The molecule has 1 N–H and O–H groups in total. The maximum atomic E-state index is 12.9. The molecular formula is C23H23N5OS. The number of nitrogens with one attached hydrogen (secondary N) is 1. The van der Waals surface area contributed by atoms with E-state index in [9.17, 15) is 4.79 Å². The number of amides is 1. The van der Waals surface area contributed by atoms with Crippen LogP contribution in [-0.2, 0) is 13.0 Å². The number of carbonyl (C=O) groups excluding carboxylic acids is 1. The lowest BCUT2D eigenvalue weighted by Gasteiger charge is -2.11. The summed E-state index contributed by atoms with van der Waals surface area (Å²) in [6.45, 7) is 6.85. The highest BCUT2D eigenvalue weighted by molar-refractivity contribution is 7.20. The molecule has 1 aromatic carbocycles. The minimum Gasteiger partial charge on any atom is -0.334 e. The Morgan fingerprint density at radius 1 is 1.07 bits per heavy atom. The van der Waals surface area contributed by atoms with Crippen LogP contribution in [0.15, 0.2) is 30.5 Å². The molecule has 1 amide bonds. The van der Waals surface area contributed by atoms with Gasteiger partial charge >= 0.3 is 0 Å². The monoisotopic (exact) mass is 417 g/mol. The standard InChI is InChI=1S/C23H23N5OS/c1-13-20-14(2)24-15(3)25-23(20)30-21(13)22(29)26-17-9-7-16(8-10-17)18-12-28-11-5-4-6-19(28)27-18/h7-10,12H,4-6,11H2,1-3H3,(H,26,29). The molecule has 5 rings (SSSR count). The summed E-state index contributed by atoms with van der Waals surface area (Å²) in [4.78, 5) is 28.2. The second kappa shape index (κ2) is 7.32. The molecule has 0 spiro atoms. The van der Waals surface area contributed by atoms with Crippen LogP contribution in [0.4, 0.5) is 5.69 Å². The molecule has 0 saturated carbocycles. The smallest absolute Gasteiger partial charge is 0.266 e. The summed E-state index contributed by atoms with van der Waals surface area (Å²) in [6, 6.07) is 7.90. The molecule has 0 atom stereocenters. The van der Waals surface area contributed by atoms with Crippen LogP contribution in [0.2, 0.25) is 0 Å². The van der Waals surface area contributed by atoms with Crippen molar-refractivity contribution in [2.75, 3.05) is 5.32 Å². The van der Waals surface area contributed by atoms with Crippen LogP contribution in [0.3, 0.4) is 0 Å². The predicted octanol–water partition coefficient (Wildman–Crippen LogP) is 5.07. The first-order valence-electron chi connectivity index (χ1n) is 10.2. The number of hydrogen-bond acceptors (Lipinski definition) is 5. The number of aryl methyl sites for hydroxylation is 5. The van der Waals surface area contributed by atoms with Gasteiger partial charge in [0.2, 0.25) is 0 Å². The fourth-order valence-corrected chi connectivity index (χ4v) is 5.33. The summed E-state index contributed by atoms with van der Waals surface area (Å²) in [5.74, 6) is 1.78. The van der Waals surface area contributed by atoms with Gasteiger partial charge in [0.05, 0.1) is 10.6 Å². The summed E-state index contributed by atoms with van der Waals surface area (Å²) in [6.07, 6.45) is 5.61. The zero-order chi connectivity index (χ0) is 20.8. The molecule has 4 aromatic rings. The van der Waals surface area contributed by atoms with Gasteiger partial charge in [-0.2, -0.15) is 0 Å². The second-order valence-corrected chi connectivity index (χ2v) is 8.82. The molecule has 0 fully saturated rings. The minimum absolute atomic E-state index is 0.113. The van der Waals surface area contributed by atoms with Gasteiger partial charge in [-0.3, -0.25) is 4.79 Å². The molecular weight excluding hydrogens is 394 g/mol. The molecule has 0 aliphatic carbocycles. The van der Waals surface area contributed by atoms with E-state index in [1.54, 1.807) is 0 Å². The molecule has 6 nitrogen and oxygen atoms in total. The lowest BCUT2D eigenvalue weighted by atomic mass is 10.1. The average molecular weight is 418 g/mol. The highest BCUT2D eigenvalue weighted by Gasteiger charge is 2.19. The van der Waals surface area contributed by atoms with Gasteiger partial charge in [0.1, 0.15) is 16.5 Å². The molecule has 0 saturated heterocycles. The zero-order valence-corrected chi connectivity index (χ0v) is 18.1. The summed E-state index contributed by atoms with van der Waals surface area (Å²) in [5, 5.41) is 4.00. The summed E-state index contributed by atoms with van der Waals surface area (Å²) < 4.78 is 2.26. The highest BCUT2D eigenvalue weighted by Crippen LogP contribution is 2.32. The SMILES string of the molecule is Cc1nc(C)c2c(C)c(C(=O)Nc3ccc(-c4cn5c(n4)CCCC5)cc3)sc2n1. The highest BCUT2D eigenvalue weighted by atomic mass is 32.1. The molecule has 3 aromatic heterocycles. The lowest BCUT2D eigenvalue weighted by molar-refractivity contribution is 0.103. The Hall–Kier alpha value is -3.06. The molecule has 0 bridgehead atoms. The first kappa shape index (κ1) is 18.9. The number of nitrogens with zero attached hydrogens (tertiary/aromatic N) is 4. The largest absolute Gasteiger partial charge is 0.334 e. The maximum absolute atomic E-state index is 12.9. The van der Waals surface area contributed by atoms with Gasteiger partial charge in [-0.15, -0.1) is 11.3 Å². The van der Waals surface area contributed by atoms with Crippen molar-refractivity contribution in [3.8, 4) is 11.3 Å². The third-order valence-corrected chi connectivity index (χ3v) is 6.82. The predicted molar refractivity (Wildman–Crippen MR) is 120 cm³/mol. The van der Waals surface area contributed by atoms with Crippen molar-refractivity contribution in [2.45, 2.75) is 46.6 Å². The number of hydrogen-bond donors (Lipinski definition) is 1. The Balaban J connectivity index is 1.38. The van der Waals surface area contributed by atoms with Crippen LogP contribution in [0.5, 0.6) is 0 Å². The van der Waals surface area contributed by atoms with E-state index in [2.05, 4.69) is 26.0 Å². The van der Waals surface area contributed by atoms with Crippen LogP contribution in [0, 0.1) is 20.8 Å². The lowest BCUT2D eigenvalue weighted by Crippen LogP contribution is -2.11. The van der Waals surface area contributed by atoms with E-state index in [0.717, 1.165) is 57.2 Å². The summed E-state index contributed by atoms with van der Waals surface area (Å²) in [5.41, 5.74) is 4.68. The van der Waals surface area contributed by atoms with Crippen molar-refractivity contribution in [1.82, 2.24) is 19.5 Å². The Kier molecular flexibility index (Phi) is 4.62. The Bertz CT molecular complexity index is 1250. The average Bonchev–Trinajstić information content (AvgIpc) is 3.29. The van der Waals surface area contributed by atoms with Gasteiger partial charge in [0, 0.05) is 41.5 Å². The van der Waals surface area contributed by atoms with Gasteiger partial charge in [-0.25, -0.2) is 15.0 Å². The quantitative estimate of drug-likeness (QED) is 0.505. The third-order valence-electron chi connectivity index (χ3n) is 5.64. The van der Waals surface area contributed by atoms with E-state index in [4.69, 9.17) is 4.98 Å². The molecule has 7 heteroatoms. The van der Waals surface area contributed by atoms with Gasteiger partial charge in [0.25, 0.3) is 5.91 Å². The molecule has 1 aliphatic rings. The molecule has 30 heavy (non-hydrogen) atoms. The fourth-order valence-electron chi connectivity index (χ4n) is 4.15. The molecule has 0 unspecified atom stereocenters. The van der Waals surface area contributed by atoms with Gasteiger partial charge in [0.15, 0.2) is 0 Å². The third kappa shape index (κ3) is 3.29. The number of fused-ring (bicyclic) bond motifs is 2. The van der Waals surface area contributed by atoms with Crippen LogP contribution in [-0.4, -0.2) is 25.4 Å². The van der Waals surface area contributed by atoms with E-state index in [-0.39, 0.29) is 5.91 Å². The van der Waals surface area contributed by atoms with Crippen molar-refractivity contribution in [1.29, 1.82) is 0 Å². The normalized spacial score (nSPS) is 13.4. The van der Waals surface area contributed by atoms with Gasteiger partial charge in [-0.05, 0) is 51.3 Å². The van der Waals surface area contributed by atoms with Crippen LogP contribution in [0.25, 0.3) is 21.5 Å². The second-order valence-electron chi connectivity index (χ2n) is 7.82. The number of thiophene rings is 1. The molecule has 152 valence electrons. The number of carbonyl (C=O) groups is 1. The van der Waals surface area contributed by atoms with E-state index in [0.29, 0.717) is 4.88 Å². The molecule has 1 aliphatic heterocycles. The minimum atomic E-state index is -0.113. The number of imidazole rings is 1. The topological polar surface area (TPSA) is 72.7 Å². The maximum Gasteiger partial charge on any atom is 0.266 e. The van der Waals surface area contributed by atoms with Crippen LogP contribution < -0.4 is 5.32 Å². The number of rotatable bonds is 3. The first-order valence-corrected chi connectivity index (χ1v) is 11.0. The Morgan fingerprint density at radius 3 is 2.63 bits per heavy atom. The van der Waals surface area contributed by atoms with Crippen molar-refractivity contribution in [3.05, 3.63) is 58.2 Å². The van der Waals surface area contributed by atoms with Crippen LogP contribution in [0.1, 0.15) is 45.4 Å². The van der Waals surface area contributed by atoms with Gasteiger partial charge in [-0.1, -0.05) is 12.1 Å². The number of anilines is 1. The number of aromatic nitrogens is 4.